The van der Waals surface area contributed by atoms with Crippen LogP contribution in [0.2, 0.25) is 0 Å². The second-order valence-corrected chi connectivity index (χ2v) is 5.83. The summed E-state index contributed by atoms with van der Waals surface area (Å²) >= 11 is 1.69. The van der Waals surface area contributed by atoms with Crippen LogP contribution in [0.3, 0.4) is 0 Å². The van der Waals surface area contributed by atoms with Crippen LogP contribution in [0.1, 0.15) is 25.5 Å². The first-order chi connectivity index (χ1) is 10.3. The molecule has 0 aliphatic carbocycles. The molecule has 0 spiro atoms. The van der Waals surface area contributed by atoms with Gasteiger partial charge < -0.3 is 14.4 Å². The molecule has 0 saturated carbocycles. The SMILES string of the molecule is CCOc1cncc(N2CC(C)OC(c3ccsc3)C2)n1. The third-order valence-corrected chi connectivity index (χ3v) is 4.09. The normalized spacial score (nSPS) is 22.3. The van der Waals surface area contributed by atoms with Gasteiger partial charge in [-0.2, -0.15) is 16.3 Å². The Morgan fingerprint density at radius 1 is 1.43 bits per heavy atom. The van der Waals surface area contributed by atoms with Gasteiger partial charge in [-0.1, -0.05) is 0 Å². The van der Waals surface area contributed by atoms with E-state index >= 15 is 0 Å². The molecule has 1 fully saturated rings. The molecule has 2 aromatic rings. The summed E-state index contributed by atoms with van der Waals surface area (Å²) in [7, 11) is 0. The summed E-state index contributed by atoms with van der Waals surface area (Å²) in [6, 6.07) is 2.12. The van der Waals surface area contributed by atoms with Gasteiger partial charge in [-0.05, 0) is 36.2 Å². The van der Waals surface area contributed by atoms with E-state index in [0.29, 0.717) is 12.5 Å². The lowest BCUT2D eigenvalue weighted by molar-refractivity contribution is -0.0174. The standard InChI is InChI=1S/C15H19N3O2S/c1-3-19-15-7-16-6-14(17-15)18-8-11(2)20-13(9-18)12-4-5-21-10-12/h4-7,10-11,13H,3,8-9H2,1-2H3. The monoisotopic (exact) mass is 305 g/mol. The summed E-state index contributed by atoms with van der Waals surface area (Å²) in [5.74, 6) is 1.41. The van der Waals surface area contributed by atoms with Crippen LogP contribution in [0.15, 0.2) is 29.2 Å². The number of ether oxygens (including phenoxy) is 2. The largest absolute Gasteiger partial charge is 0.477 e. The molecule has 5 nitrogen and oxygen atoms in total. The number of anilines is 1. The third-order valence-electron chi connectivity index (χ3n) is 3.39. The zero-order valence-electron chi connectivity index (χ0n) is 12.2. The molecule has 3 heterocycles. The summed E-state index contributed by atoms with van der Waals surface area (Å²) in [6.07, 6.45) is 3.66. The highest BCUT2D eigenvalue weighted by Crippen LogP contribution is 2.29. The Balaban J connectivity index is 1.79. The van der Waals surface area contributed by atoms with Crippen LogP contribution in [0, 0.1) is 0 Å². The first-order valence-electron chi connectivity index (χ1n) is 7.13. The number of thiophene rings is 1. The van der Waals surface area contributed by atoms with Crippen molar-refractivity contribution < 1.29 is 9.47 Å². The van der Waals surface area contributed by atoms with E-state index < -0.39 is 0 Å². The summed E-state index contributed by atoms with van der Waals surface area (Å²) in [6.45, 7) is 6.22. The average Bonchev–Trinajstić information content (AvgIpc) is 3.01. The molecule has 0 bridgehead atoms. The molecule has 1 aliphatic heterocycles. The Hall–Kier alpha value is -1.66. The first kappa shape index (κ1) is 14.3. The summed E-state index contributed by atoms with van der Waals surface area (Å²) < 4.78 is 11.5. The quantitative estimate of drug-likeness (QED) is 0.869. The van der Waals surface area contributed by atoms with Crippen LogP contribution < -0.4 is 9.64 Å². The number of hydrogen-bond acceptors (Lipinski definition) is 6. The number of hydrogen-bond donors (Lipinski definition) is 0. The van der Waals surface area contributed by atoms with Gasteiger partial charge in [0, 0.05) is 13.1 Å². The van der Waals surface area contributed by atoms with Gasteiger partial charge in [-0.15, -0.1) is 0 Å². The lowest BCUT2D eigenvalue weighted by Gasteiger charge is -2.37. The van der Waals surface area contributed by atoms with Gasteiger partial charge in [-0.25, -0.2) is 0 Å². The summed E-state index contributed by atoms with van der Waals surface area (Å²) in [4.78, 5) is 11.0. The molecule has 21 heavy (non-hydrogen) atoms. The Labute approximate surface area is 128 Å². The lowest BCUT2D eigenvalue weighted by Crippen LogP contribution is -2.43. The summed E-state index contributed by atoms with van der Waals surface area (Å²) in [5, 5.41) is 4.22. The van der Waals surface area contributed by atoms with Gasteiger partial charge in [0.05, 0.1) is 25.1 Å². The minimum Gasteiger partial charge on any atom is -0.477 e. The number of morpholine rings is 1. The molecule has 6 heteroatoms. The Bertz CT molecular complexity index is 576. The molecule has 3 rings (SSSR count). The molecule has 2 aromatic heterocycles. The van der Waals surface area contributed by atoms with Crippen molar-refractivity contribution in [3.63, 3.8) is 0 Å². The fourth-order valence-corrected chi connectivity index (χ4v) is 3.19. The van der Waals surface area contributed by atoms with Crippen molar-refractivity contribution in [1.82, 2.24) is 9.97 Å². The van der Waals surface area contributed by atoms with Gasteiger partial charge in [0.25, 0.3) is 0 Å². The Kier molecular flexibility index (Phi) is 4.36. The predicted octanol–water partition coefficient (Wildman–Crippen LogP) is 2.90. The molecular weight excluding hydrogens is 286 g/mol. The molecule has 1 saturated heterocycles. The van der Waals surface area contributed by atoms with Gasteiger partial charge >= 0.3 is 0 Å². The van der Waals surface area contributed by atoms with Crippen LogP contribution in [0.4, 0.5) is 5.82 Å². The molecule has 0 radical (unpaired) electrons. The van der Waals surface area contributed by atoms with E-state index in [9.17, 15) is 0 Å². The van der Waals surface area contributed by atoms with E-state index in [1.165, 1.54) is 5.56 Å². The van der Waals surface area contributed by atoms with Crippen molar-refractivity contribution in [2.24, 2.45) is 0 Å². The van der Waals surface area contributed by atoms with E-state index in [2.05, 4.69) is 38.6 Å². The van der Waals surface area contributed by atoms with Crippen LogP contribution in [-0.4, -0.2) is 35.8 Å². The molecular formula is C15H19N3O2S. The number of aromatic nitrogens is 2. The molecule has 1 aliphatic rings. The Morgan fingerprint density at radius 3 is 3.10 bits per heavy atom. The zero-order valence-corrected chi connectivity index (χ0v) is 13.0. The van der Waals surface area contributed by atoms with Crippen LogP contribution in [0.25, 0.3) is 0 Å². The van der Waals surface area contributed by atoms with Gasteiger partial charge in [0.15, 0.2) is 5.82 Å². The highest BCUT2D eigenvalue weighted by atomic mass is 32.1. The van der Waals surface area contributed by atoms with Gasteiger partial charge in [0.2, 0.25) is 5.88 Å². The zero-order chi connectivity index (χ0) is 14.7. The minimum absolute atomic E-state index is 0.0811. The fraction of sp³-hybridized carbons (Fsp3) is 0.467. The average molecular weight is 305 g/mol. The molecule has 2 atom stereocenters. The van der Waals surface area contributed by atoms with Crippen molar-refractivity contribution in [3.05, 3.63) is 34.8 Å². The van der Waals surface area contributed by atoms with Crippen molar-refractivity contribution in [2.45, 2.75) is 26.1 Å². The van der Waals surface area contributed by atoms with Crippen LogP contribution in [-0.2, 0) is 4.74 Å². The van der Waals surface area contributed by atoms with E-state index in [-0.39, 0.29) is 12.2 Å². The third kappa shape index (κ3) is 3.33. The van der Waals surface area contributed by atoms with E-state index in [1.54, 1.807) is 23.7 Å². The van der Waals surface area contributed by atoms with Crippen molar-refractivity contribution in [1.29, 1.82) is 0 Å². The highest BCUT2D eigenvalue weighted by molar-refractivity contribution is 7.07. The maximum absolute atomic E-state index is 6.05. The van der Waals surface area contributed by atoms with Crippen molar-refractivity contribution >= 4 is 17.2 Å². The maximum Gasteiger partial charge on any atom is 0.234 e. The smallest absolute Gasteiger partial charge is 0.234 e. The molecule has 0 amide bonds. The fourth-order valence-electron chi connectivity index (χ4n) is 2.49. The predicted molar refractivity (Wildman–Crippen MR) is 83.0 cm³/mol. The second-order valence-electron chi connectivity index (χ2n) is 5.05. The lowest BCUT2D eigenvalue weighted by atomic mass is 10.1. The van der Waals surface area contributed by atoms with Crippen molar-refractivity contribution in [3.8, 4) is 5.88 Å². The molecule has 0 N–H and O–H groups in total. The highest BCUT2D eigenvalue weighted by Gasteiger charge is 2.27. The number of rotatable bonds is 4. The van der Waals surface area contributed by atoms with E-state index in [1.807, 2.05) is 6.92 Å². The topological polar surface area (TPSA) is 47.5 Å². The molecule has 112 valence electrons. The van der Waals surface area contributed by atoms with Crippen molar-refractivity contribution in [2.75, 3.05) is 24.6 Å². The van der Waals surface area contributed by atoms with Crippen LogP contribution >= 0.6 is 11.3 Å². The minimum atomic E-state index is 0.0811. The molecule has 0 aromatic carbocycles. The Morgan fingerprint density at radius 2 is 2.33 bits per heavy atom. The van der Waals surface area contributed by atoms with Crippen LogP contribution in [0.5, 0.6) is 5.88 Å². The summed E-state index contributed by atoms with van der Waals surface area (Å²) in [5.41, 5.74) is 1.23. The van der Waals surface area contributed by atoms with E-state index in [4.69, 9.17) is 9.47 Å². The van der Waals surface area contributed by atoms with Gasteiger partial charge in [0.1, 0.15) is 6.10 Å². The number of nitrogens with zero attached hydrogens (tertiary/aromatic N) is 3. The van der Waals surface area contributed by atoms with E-state index in [0.717, 1.165) is 18.9 Å². The second kappa shape index (κ2) is 6.41. The first-order valence-corrected chi connectivity index (χ1v) is 8.08. The molecule has 2 unspecified atom stereocenters. The maximum atomic E-state index is 6.05. The van der Waals surface area contributed by atoms with Gasteiger partial charge in [-0.3, -0.25) is 4.98 Å².